The summed E-state index contributed by atoms with van der Waals surface area (Å²) in [6, 6.07) is 16.0. The largest absolute Gasteiger partial charge is 0.373 e. The number of para-hydroxylation sites is 2. The Labute approximate surface area is 168 Å². The molecule has 1 saturated heterocycles. The van der Waals surface area contributed by atoms with Crippen LogP contribution in [-0.2, 0) is 4.79 Å². The summed E-state index contributed by atoms with van der Waals surface area (Å²) in [4.78, 5) is 27.2. The molecule has 3 rings (SSSR count). The first kappa shape index (κ1) is 19.9. The third-order valence-electron chi connectivity index (χ3n) is 4.71. The number of carbonyl (C=O) groups excluding carboxylic acids is 1. The standard InChI is InChI=1S/C21H21N5O3/c1-16-5-4-6-18(13-16)25-11-9-24(10-12-25)15-17(14-22)21(27)23-19-7-2-3-8-20(19)26(28)29/h2-8,13,15H,9-12H2,1H3,(H,23,27)/b17-15-. The molecule has 1 N–H and O–H groups in total. The quantitative estimate of drug-likeness (QED) is 0.364. The average molecular weight is 391 g/mol. The Kier molecular flexibility index (Phi) is 6.09. The van der Waals surface area contributed by atoms with Crippen LogP contribution >= 0.6 is 0 Å². The second-order valence-corrected chi connectivity index (χ2v) is 6.74. The number of nitro benzene ring substituents is 1. The molecule has 1 aliphatic rings. The molecular weight excluding hydrogens is 370 g/mol. The van der Waals surface area contributed by atoms with Crippen molar-refractivity contribution in [2.45, 2.75) is 6.92 Å². The molecule has 0 aliphatic carbocycles. The molecule has 0 spiro atoms. The Hall–Kier alpha value is -3.86. The van der Waals surface area contributed by atoms with E-state index in [2.05, 4.69) is 35.3 Å². The number of nitriles is 1. The normalized spacial score (nSPS) is 14.3. The van der Waals surface area contributed by atoms with E-state index in [1.54, 1.807) is 6.07 Å². The van der Waals surface area contributed by atoms with Crippen LogP contribution in [-0.4, -0.2) is 41.9 Å². The molecule has 0 aromatic heterocycles. The number of hydrogen-bond donors (Lipinski definition) is 1. The Morgan fingerprint density at radius 2 is 1.90 bits per heavy atom. The summed E-state index contributed by atoms with van der Waals surface area (Å²) in [5, 5.41) is 22.9. The number of nitro groups is 1. The van der Waals surface area contributed by atoms with E-state index in [0.717, 1.165) is 18.8 Å². The van der Waals surface area contributed by atoms with Crippen LogP contribution in [0.2, 0.25) is 0 Å². The number of nitrogens with zero attached hydrogens (tertiary/aromatic N) is 4. The maximum absolute atomic E-state index is 12.5. The van der Waals surface area contributed by atoms with Crippen LogP contribution in [0.4, 0.5) is 17.1 Å². The topological polar surface area (TPSA) is 103 Å². The highest BCUT2D eigenvalue weighted by Gasteiger charge is 2.20. The van der Waals surface area contributed by atoms with Crippen molar-refractivity contribution in [1.29, 1.82) is 5.26 Å². The first-order valence-electron chi connectivity index (χ1n) is 9.20. The van der Waals surface area contributed by atoms with Gasteiger partial charge in [0.15, 0.2) is 0 Å². The van der Waals surface area contributed by atoms with Crippen molar-refractivity contribution in [3.8, 4) is 6.07 Å². The molecule has 1 amide bonds. The first-order valence-corrected chi connectivity index (χ1v) is 9.20. The van der Waals surface area contributed by atoms with Crippen molar-refractivity contribution in [3.63, 3.8) is 0 Å². The van der Waals surface area contributed by atoms with Gasteiger partial charge in [-0.1, -0.05) is 24.3 Å². The predicted molar refractivity (Wildman–Crippen MR) is 110 cm³/mol. The van der Waals surface area contributed by atoms with Crippen LogP contribution in [0.3, 0.4) is 0 Å². The van der Waals surface area contributed by atoms with Gasteiger partial charge in [0, 0.05) is 44.1 Å². The lowest BCUT2D eigenvalue weighted by molar-refractivity contribution is -0.383. The number of piperazine rings is 1. The SMILES string of the molecule is Cc1cccc(N2CCN(/C=C(/C#N)C(=O)Nc3ccccc3[N+](=O)[O-])CC2)c1. The molecular formula is C21H21N5O3. The van der Waals surface area contributed by atoms with Gasteiger partial charge in [0.1, 0.15) is 17.3 Å². The fourth-order valence-corrected chi connectivity index (χ4v) is 3.18. The fourth-order valence-electron chi connectivity index (χ4n) is 3.18. The minimum atomic E-state index is -0.664. The number of aryl methyl sites for hydroxylation is 1. The van der Waals surface area contributed by atoms with Gasteiger partial charge in [-0.3, -0.25) is 14.9 Å². The molecule has 8 nitrogen and oxygen atoms in total. The van der Waals surface area contributed by atoms with Crippen molar-refractivity contribution in [1.82, 2.24) is 4.90 Å². The monoisotopic (exact) mass is 391 g/mol. The smallest absolute Gasteiger partial charge is 0.292 e. The maximum atomic E-state index is 12.5. The summed E-state index contributed by atoms with van der Waals surface area (Å²) in [6.45, 7) is 4.92. The number of benzene rings is 2. The van der Waals surface area contributed by atoms with Crippen LogP contribution in [0.5, 0.6) is 0 Å². The van der Waals surface area contributed by atoms with Crippen molar-refractivity contribution >= 4 is 23.0 Å². The van der Waals surface area contributed by atoms with Gasteiger partial charge in [0.25, 0.3) is 11.6 Å². The first-order chi connectivity index (χ1) is 14.0. The third kappa shape index (κ3) is 4.90. The van der Waals surface area contributed by atoms with Gasteiger partial charge >= 0.3 is 0 Å². The van der Waals surface area contributed by atoms with Crippen molar-refractivity contribution in [2.24, 2.45) is 0 Å². The highest BCUT2D eigenvalue weighted by molar-refractivity contribution is 6.07. The Balaban J connectivity index is 1.66. The minimum absolute atomic E-state index is 0.0629. The van der Waals surface area contributed by atoms with Gasteiger partial charge < -0.3 is 15.1 Å². The van der Waals surface area contributed by atoms with Crippen LogP contribution in [0.1, 0.15) is 5.56 Å². The molecule has 0 saturated carbocycles. The van der Waals surface area contributed by atoms with Crippen molar-refractivity contribution in [3.05, 3.63) is 76.0 Å². The summed E-state index contributed by atoms with van der Waals surface area (Å²) in [5.41, 5.74) is 2.11. The van der Waals surface area contributed by atoms with E-state index in [-0.39, 0.29) is 16.9 Å². The summed E-state index contributed by atoms with van der Waals surface area (Å²) < 4.78 is 0. The summed E-state index contributed by atoms with van der Waals surface area (Å²) >= 11 is 0. The molecule has 0 radical (unpaired) electrons. The van der Waals surface area contributed by atoms with E-state index in [1.807, 2.05) is 17.0 Å². The Morgan fingerprint density at radius 3 is 2.55 bits per heavy atom. The number of nitrogens with one attached hydrogen (secondary N) is 1. The van der Waals surface area contributed by atoms with Gasteiger partial charge in [-0.2, -0.15) is 5.26 Å². The van der Waals surface area contributed by atoms with Crippen LogP contribution in [0, 0.1) is 28.4 Å². The number of carbonyl (C=O) groups is 1. The third-order valence-corrected chi connectivity index (χ3v) is 4.71. The van der Waals surface area contributed by atoms with Gasteiger partial charge in [-0.05, 0) is 30.7 Å². The number of rotatable bonds is 5. The summed E-state index contributed by atoms with van der Waals surface area (Å²) in [6.07, 6.45) is 1.53. The van der Waals surface area contributed by atoms with Crippen molar-refractivity contribution in [2.75, 3.05) is 36.4 Å². The minimum Gasteiger partial charge on any atom is -0.373 e. The second-order valence-electron chi connectivity index (χ2n) is 6.74. The molecule has 148 valence electrons. The predicted octanol–water partition coefficient (Wildman–Crippen LogP) is 3.07. The maximum Gasteiger partial charge on any atom is 0.292 e. The molecule has 8 heteroatoms. The van der Waals surface area contributed by atoms with Gasteiger partial charge in [-0.25, -0.2) is 0 Å². The van der Waals surface area contributed by atoms with Gasteiger partial charge in [0.05, 0.1) is 4.92 Å². The van der Waals surface area contributed by atoms with Crippen LogP contribution < -0.4 is 10.2 Å². The molecule has 2 aromatic rings. The zero-order valence-corrected chi connectivity index (χ0v) is 16.0. The van der Waals surface area contributed by atoms with E-state index < -0.39 is 10.8 Å². The lowest BCUT2D eigenvalue weighted by atomic mass is 10.2. The summed E-state index contributed by atoms with van der Waals surface area (Å²) in [7, 11) is 0. The fraction of sp³-hybridized carbons (Fsp3) is 0.238. The summed E-state index contributed by atoms with van der Waals surface area (Å²) in [5.74, 6) is -0.664. The Morgan fingerprint density at radius 1 is 1.17 bits per heavy atom. The van der Waals surface area contributed by atoms with Crippen LogP contribution in [0.25, 0.3) is 0 Å². The van der Waals surface area contributed by atoms with E-state index in [4.69, 9.17) is 0 Å². The highest BCUT2D eigenvalue weighted by Crippen LogP contribution is 2.24. The zero-order valence-electron chi connectivity index (χ0n) is 16.0. The lowest BCUT2D eigenvalue weighted by Gasteiger charge is -2.35. The number of anilines is 2. The van der Waals surface area contributed by atoms with Gasteiger partial charge in [-0.15, -0.1) is 0 Å². The van der Waals surface area contributed by atoms with E-state index in [0.29, 0.717) is 13.1 Å². The molecule has 0 bridgehead atoms. The molecule has 0 atom stereocenters. The Bertz CT molecular complexity index is 988. The number of amides is 1. The van der Waals surface area contributed by atoms with E-state index in [9.17, 15) is 20.2 Å². The highest BCUT2D eigenvalue weighted by atomic mass is 16.6. The average Bonchev–Trinajstić information content (AvgIpc) is 2.72. The molecule has 1 fully saturated rings. The molecule has 1 heterocycles. The number of hydrogen-bond acceptors (Lipinski definition) is 6. The molecule has 1 aliphatic heterocycles. The van der Waals surface area contributed by atoms with Crippen LogP contribution in [0.15, 0.2) is 60.3 Å². The van der Waals surface area contributed by atoms with E-state index >= 15 is 0 Å². The molecule has 2 aromatic carbocycles. The second kappa shape index (κ2) is 8.89. The van der Waals surface area contributed by atoms with Crippen molar-refractivity contribution < 1.29 is 9.72 Å². The lowest BCUT2D eigenvalue weighted by Crippen LogP contribution is -2.44. The van der Waals surface area contributed by atoms with E-state index in [1.165, 1.54) is 30.0 Å². The molecule has 29 heavy (non-hydrogen) atoms. The molecule has 0 unspecified atom stereocenters. The van der Waals surface area contributed by atoms with Gasteiger partial charge in [0.2, 0.25) is 0 Å². The zero-order chi connectivity index (χ0) is 20.8.